The lowest BCUT2D eigenvalue weighted by atomic mass is 10.1. The molecule has 1 N–H and O–H groups in total. The van der Waals surface area contributed by atoms with Crippen molar-refractivity contribution in [2.45, 2.75) is 20.3 Å². The SMILES string of the molecule is COc1ccc(CCNC(=O)CN(C(C)=O)c2ccc(C)cc2)cc1OC. The predicted molar refractivity (Wildman–Crippen MR) is 105 cm³/mol. The summed E-state index contributed by atoms with van der Waals surface area (Å²) in [5, 5.41) is 2.86. The highest BCUT2D eigenvalue weighted by molar-refractivity contribution is 5.97. The van der Waals surface area contributed by atoms with Gasteiger partial charge in [-0.2, -0.15) is 0 Å². The maximum atomic E-state index is 12.3. The van der Waals surface area contributed by atoms with Crippen molar-refractivity contribution in [2.75, 3.05) is 32.2 Å². The number of ether oxygens (including phenoxy) is 2. The molecule has 2 aromatic rings. The number of amides is 2. The van der Waals surface area contributed by atoms with Crippen molar-refractivity contribution in [1.82, 2.24) is 5.32 Å². The van der Waals surface area contributed by atoms with Gasteiger partial charge in [-0.15, -0.1) is 0 Å². The van der Waals surface area contributed by atoms with E-state index in [1.54, 1.807) is 14.2 Å². The molecule has 0 unspecified atom stereocenters. The van der Waals surface area contributed by atoms with Crippen molar-refractivity contribution < 1.29 is 19.1 Å². The van der Waals surface area contributed by atoms with Crippen molar-refractivity contribution >= 4 is 17.5 Å². The Morgan fingerprint density at radius 1 is 1.00 bits per heavy atom. The molecule has 0 saturated carbocycles. The minimum atomic E-state index is -0.203. The van der Waals surface area contributed by atoms with Crippen LogP contribution in [0.4, 0.5) is 5.69 Å². The number of carbonyl (C=O) groups excluding carboxylic acids is 2. The quantitative estimate of drug-likeness (QED) is 0.776. The molecule has 0 aromatic heterocycles. The molecule has 0 aliphatic heterocycles. The monoisotopic (exact) mass is 370 g/mol. The van der Waals surface area contributed by atoms with Gasteiger partial charge in [0.1, 0.15) is 6.54 Å². The van der Waals surface area contributed by atoms with E-state index in [2.05, 4.69) is 5.32 Å². The van der Waals surface area contributed by atoms with E-state index in [0.29, 0.717) is 30.2 Å². The van der Waals surface area contributed by atoms with E-state index in [1.165, 1.54) is 11.8 Å². The van der Waals surface area contributed by atoms with E-state index < -0.39 is 0 Å². The fraction of sp³-hybridized carbons (Fsp3) is 0.333. The van der Waals surface area contributed by atoms with E-state index in [4.69, 9.17) is 9.47 Å². The fourth-order valence-electron chi connectivity index (χ4n) is 2.69. The molecule has 2 amide bonds. The van der Waals surface area contributed by atoms with Gasteiger partial charge in [-0.3, -0.25) is 9.59 Å². The zero-order chi connectivity index (χ0) is 19.8. The Labute approximate surface area is 160 Å². The number of rotatable bonds is 8. The summed E-state index contributed by atoms with van der Waals surface area (Å²) in [4.78, 5) is 25.6. The first-order chi connectivity index (χ1) is 12.9. The van der Waals surface area contributed by atoms with Crippen LogP contribution in [0.5, 0.6) is 11.5 Å². The Kier molecular flexibility index (Phi) is 7.23. The Hall–Kier alpha value is -3.02. The lowest BCUT2D eigenvalue weighted by molar-refractivity contribution is -0.123. The van der Waals surface area contributed by atoms with E-state index in [1.807, 2.05) is 49.4 Å². The Morgan fingerprint density at radius 2 is 1.67 bits per heavy atom. The van der Waals surface area contributed by atoms with Gasteiger partial charge < -0.3 is 19.7 Å². The van der Waals surface area contributed by atoms with Gasteiger partial charge in [0.25, 0.3) is 0 Å². The highest BCUT2D eigenvalue weighted by Crippen LogP contribution is 2.27. The van der Waals surface area contributed by atoms with Crippen LogP contribution in [0.15, 0.2) is 42.5 Å². The first kappa shape index (κ1) is 20.3. The van der Waals surface area contributed by atoms with Crippen LogP contribution in [0.25, 0.3) is 0 Å². The summed E-state index contributed by atoms with van der Waals surface area (Å²) in [6.45, 7) is 3.89. The number of aryl methyl sites for hydroxylation is 1. The molecule has 0 radical (unpaired) electrons. The molecule has 0 fully saturated rings. The largest absolute Gasteiger partial charge is 0.493 e. The van der Waals surface area contributed by atoms with Crippen molar-refractivity contribution in [3.8, 4) is 11.5 Å². The standard InChI is InChI=1S/C21H26N2O4/c1-15-5-8-18(9-6-15)23(16(2)24)14-21(25)22-12-11-17-7-10-19(26-3)20(13-17)27-4/h5-10,13H,11-12,14H2,1-4H3,(H,22,25). The van der Waals surface area contributed by atoms with E-state index >= 15 is 0 Å². The molecule has 6 nitrogen and oxygen atoms in total. The molecule has 0 spiro atoms. The third-order valence-corrected chi connectivity index (χ3v) is 4.21. The second-order valence-corrected chi connectivity index (χ2v) is 6.23. The molecule has 0 bridgehead atoms. The van der Waals surface area contributed by atoms with Gasteiger partial charge in [0.15, 0.2) is 11.5 Å². The second kappa shape index (κ2) is 9.62. The summed E-state index contributed by atoms with van der Waals surface area (Å²) in [5.74, 6) is 0.948. The predicted octanol–water partition coefficient (Wildman–Crippen LogP) is 2.72. The molecule has 0 atom stereocenters. The van der Waals surface area contributed by atoms with Gasteiger partial charge in [-0.1, -0.05) is 23.8 Å². The molecule has 27 heavy (non-hydrogen) atoms. The summed E-state index contributed by atoms with van der Waals surface area (Å²) < 4.78 is 10.5. The number of benzene rings is 2. The van der Waals surface area contributed by atoms with Crippen molar-refractivity contribution in [3.05, 3.63) is 53.6 Å². The highest BCUT2D eigenvalue weighted by Gasteiger charge is 2.15. The second-order valence-electron chi connectivity index (χ2n) is 6.23. The molecule has 0 heterocycles. The summed E-state index contributed by atoms with van der Waals surface area (Å²) >= 11 is 0. The number of nitrogens with one attached hydrogen (secondary N) is 1. The number of hydrogen-bond donors (Lipinski definition) is 1. The molecule has 144 valence electrons. The van der Waals surface area contributed by atoms with Gasteiger partial charge in [-0.05, 0) is 43.2 Å². The zero-order valence-electron chi connectivity index (χ0n) is 16.2. The van der Waals surface area contributed by atoms with Crippen LogP contribution >= 0.6 is 0 Å². The normalized spacial score (nSPS) is 10.2. The van der Waals surface area contributed by atoms with Crippen LogP contribution in [-0.4, -0.2) is 39.1 Å². The van der Waals surface area contributed by atoms with Crippen LogP contribution in [0, 0.1) is 6.92 Å². The van der Waals surface area contributed by atoms with Crippen LogP contribution in [0.3, 0.4) is 0 Å². The van der Waals surface area contributed by atoms with Crippen LogP contribution in [-0.2, 0) is 16.0 Å². The minimum Gasteiger partial charge on any atom is -0.493 e. The average molecular weight is 370 g/mol. The van der Waals surface area contributed by atoms with Crippen molar-refractivity contribution in [2.24, 2.45) is 0 Å². The fourth-order valence-corrected chi connectivity index (χ4v) is 2.69. The third kappa shape index (κ3) is 5.74. The molecule has 6 heteroatoms. The van der Waals surface area contributed by atoms with Crippen LogP contribution in [0.1, 0.15) is 18.1 Å². The van der Waals surface area contributed by atoms with Gasteiger partial charge in [0.05, 0.1) is 14.2 Å². The van der Waals surface area contributed by atoms with Gasteiger partial charge in [0, 0.05) is 19.2 Å². The van der Waals surface area contributed by atoms with Gasteiger partial charge >= 0.3 is 0 Å². The van der Waals surface area contributed by atoms with Gasteiger partial charge in [0.2, 0.25) is 11.8 Å². The number of carbonyl (C=O) groups is 2. The highest BCUT2D eigenvalue weighted by atomic mass is 16.5. The molecule has 0 saturated heterocycles. The number of anilines is 1. The summed E-state index contributed by atoms with van der Waals surface area (Å²) in [6, 6.07) is 13.2. The molecular formula is C21H26N2O4. The van der Waals surface area contributed by atoms with Crippen molar-refractivity contribution in [3.63, 3.8) is 0 Å². The molecule has 0 aliphatic carbocycles. The number of nitrogens with zero attached hydrogens (tertiary/aromatic N) is 1. The molecular weight excluding hydrogens is 344 g/mol. The molecule has 2 rings (SSSR count). The van der Waals surface area contributed by atoms with E-state index in [9.17, 15) is 9.59 Å². The van der Waals surface area contributed by atoms with Crippen LogP contribution in [0.2, 0.25) is 0 Å². The Morgan fingerprint density at radius 3 is 2.26 bits per heavy atom. The smallest absolute Gasteiger partial charge is 0.240 e. The zero-order valence-corrected chi connectivity index (χ0v) is 16.2. The van der Waals surface area contributed by atoms with Crippen LogP contribution < -0.4 is 19.7 Å². The first-order valence-electron chi connectivity index (χ1n) is 8.77. The Bertz CT molecular complexity index is 787. The lowest BCUT2D eigenvalue weighted by Crippen LogP contribution is -2.40. The molecule has 2 aromatic carbocycles. The summed E-state index contributed by atoms with van der Waals surface area (Å²) in [6.07, 6.45) is 0.650. The summed E-state index contributed by atoms with van der Waals surface area (Å²) in [5.41, 5.74) is 2.83. The topological polar surface area (TPSA) is 67.9 Å². The van der Waals surface area contributed by atoms with E-state index in [0.717, 1.165) is 11.1 Å². The first-order valence-corrected chi connectivity index (χ1v) is 8.77. The lowest BCUT2D eigenvalue weighted by Gasteiger charge is -2.21. The molecule has 0 aliphatic rings. The maximum Gasteiger partial charge on any atom is 0.240 e. The number of hydrogen-bond acceptors (Lipinski definition) is 4. The van der Waals surface area contributed by atoms with Crippen molar-refractivity contribution in [1.29, 1.82) is 0 Å². The summed E-state index contributed by atoms with van der Waals surface area (Å²) in [7, 11) is 3.18. The average Bonchev–Trinajstić information content (AvgIpc) is 2.66. The Balaban J connectivity index is 1.91. The third-order valence-electron chi connectivity index (χ3n) is 4.21. The maximum absolute atomic E-state index is 12.3. The number of methoxy groups -OCH3 is 2. The van der Waals surface area contributed by atoms with Gasteiger partial charge in [-0.25, -0.2) is 0 Å². The minimum absolute atomic E-state index is 0.00960. The van der Waals surface area contributed by atoms with E-state index in [-0.39, 0.29) is 18.4 Å².